The molecule has 7 heteroatoms. The normalized spacial score (nSPS) is 16.7. The SMILES string of the molecule is Fc1ccc(C(Nc2nccc(C(F)(F)F)n2)C2CCC2)cc1. The number of benzene rings is 1. The maximum atomic E-state index is 13.1. The fraction of sp³-hybridized carbons (Fsp3) is 0.375. The van der Waals surface area contributed by atoms with Gasteiger partial charge in [-0.3, -0.25) is 0 Å². The summed E-state index contributed by atoms with van der Waals surface area (Å²) in [6.45, 7) is 0. The average molecular weight is 325 g/mol. The molecule has 1 saturated carbocycles. The van der Waals surface area contributed by atoms with Gasteiger partial charge in [-0.25, -0.2) is 14.4 Å². The lowest BCUT2D eigenvalue weighted by molar-refractivity contribution is -0.141. The standard InChI is InChI=1S/C16H15F4N3/c17-12-6-4-11(5-7-12)14(10-2-1-3-10)23-15-21-9-8-13(22-15)16(18,19)20/h4-10,14H,1-3H2,(H,21,22,23). The highest BCUT2D eigenvalue weighted by Gasteiger charge is 2.34. The van der Waals surface area contributed by atoms with Gasteiger partial charge in [-0.2, -0.15) is 13.2 Å². The molecule has 1 fully saturated rings. The molecular weight excluding hydrogens is 310 g/mol. The van der Waals surface area contributed by atoms with Crippen molar-refractivity contribution in [1.82, 2.24) is 9.97 Å². The average Bonchev–Trinajstić information content (AvgIpc) is 2.45. The first-order valence-corrected chi connectivity index (χ1v) is 7.36. The minimum atomic E-state index is -4.51. The Bertz CT molecular complexity index is 666. The zero-order chi connectivity index (χ0) is 16.4. The monoisotopic (exact) mass is 325 g/mol. The molecule has 1 atom stereocenters. The Balaban J connectivity index is 1.85. The second kappa shape index (κ2) is 6.14. The molecule has 0 bridgehead atoms. The Morgan fingerprint density at radius 2 is 1.78 bits per heavy atom. The lowest BCUT2D eigenvalue weighted by Gasteiger charge is -2.34. The van der Waals surface area contributed by atoms with Crippen molar-refractivity contribution in [2.24, 2.45) is 5.92 Å². The predicted octanol–water partition coefficient (Wildman–Crippen LogP) is 4.59. The molecule has 122 valence electrons. The lowest BCUT2D eigenvalue weighted by atomic mass is 9.77. The van der Waals surface area contributed by atoms with E-state index < -0.39 is 11.9 Å². The van der Waals surface area contributed by atoms with Crippen LogP contribution in [0.2, 0.25) is 0 Å². The highest BCUT2D eigenvalue weighted by Crippen LogP contribution is 2.39. The van der Waals surface area contributed by atoms with Gasteiger partial charge >= 0.3 is 6.18 Å². The first kappa shape index (κ1) is 15.7. The van der Waals surface area contributed by atoms with E-state index in [1.54, 1.807) is 12.1 Å². The van der Waals surface area contributed by atoms with Gasteiger partial charge < -0.3 is 5.32 Å². The Morgan fingerprint density at radius 1 is 1.09 bits per heavy atom. The summed E-state index contributed by atoms with van der Waals surface area (Å²) in [7, 11) is 0. The van der Waals surface area contributed by atoms with Crippen molar-refractivity contribution in [2.45, 2.75) is 31.5 Å². The van der Waals surface area contributed by atoms with Crippen LogP contribution < -0.4 is 5.32 Å². The molecule has 1 aromatic carbocycles. The van der Waals surface area contributed by atoms with Crippen LogP contribution in [0.1, 0.15) is 36.6 Å². The molecule has 1 aromatic heterocycles. The Labute approximate surface area is 130 Å². The van der Waals surface area contributed by atoms with Gasteiger partial charge in [0.05, 0.1) is 6.04 Å². The summed E-state index contributed by atoms with van der Waals surface area (Å²) in [5, 5.41) is 2.98. The van der Waals surface area contributed by atoms with Crippen LogP contribution in [0.5, 0.6) is 0 Å². The van der Waals surface area contributed by atoms with E-state index in [-0.39, 0.29) is 23.7 Å². The van der Waals surface area contributed by atoms with Gasteiger partial charge in [-0.05, 0) is 42.5 Å². The van der Waals surface area contributed by atoms with Crippen molar-refractivity contribution in [3.8, 4) is 0 Å². The summed E-state index contributed by atoms with van der Waals surface area (Å²) in [5.41, 5.74) is -0.168. The molecule has 3 rings (SSSR count). The van der Waals surface area contributed by atoms with Crippen LogP contribution in [-0.2, 0) is 6.18 Å². The van der Waals surface area contributed by atoms with Gasteiger partial charge in [0, 0.05) is 6.20 Å². The number of rotatable bonds is 4. The molecule has 1 N–H and O–H groups in total. The topological polar surface area (TPSA) is 37.8 Å². The summed E-state index contributed by atoms with van der Waals surface area (Å²) < 4.78 is 51.3. The zero-order valence-corrected chi connectivity index (χ0v) is 12.1. The first-order valence-electron chi connectivity index (χ1n) is 7.36. The summed E-state index contributed by atoms with van der Waals surface area (Å²) in [4.78, 5) is 7.43. The van der Waals surface area contributed by atoms with E-state index in [0.29, 0.717) is 0 Å². The van der Waals surface area contributed by atoms with E-state index in [2.05, 4.69) is 15.3 Å². The van der Waals surface area contributed by atoms with Crippen LogP contribution in [-0.4, -0.2) is 9.97 Å². The molecule has 0 saturated heterocycles. The van der Waals surface area contributed by atoms with E-state index in [0.717, 1.165) is 37.1 Å². The fourth-order valence-electron chi connectivity index (χ4n) is 2.64. The maximum Gasteiger partial charge on any atom is 0.433 e. The molecule has 23 heavy (non-hydrogen) atoms. The summed E-state index contributed by atoms with van der Waals surface area (Å²) in [6, 6.07) is 6.57. The van der Waals surface area contributed by atoms with Crippen LogP contribution in [0, 0.1) is 11.7 Å². The molecular formula is C16H15F4N3. The molecule has 1 unspecified atom stereocenters. The predicted molar refractivity (Wildman–Crippen MR) is 77.1 cm³/mol. The number of nitrogens with one attached hydrogen (secondary N) is 1. The second-order valence-corrected chi connectivity index (χ2v) is 5.63. The minimum Gasteiger partial charge on any atom is -0.347 e. The molecule has 0 aliphatic heterocycles. The largest absolute Gasteiger partial charge is 0.433 e. The number of hydrogen-bond donors (Lipinski definition) is 1. The van der Waals surface area contributed by atoms with Gasteiger partial charge in [-0.1, -0.05) is 18.6 Å². The lowest BCUT2D eigenvalue weighted by Crippen LogP contribution is -2.27. The summed E-state index contributed by atoms with van der Waals surface area (Å²) in [5.74, 6) is -0.143. The molecule has 0 spiro atoms. The number of hydrogen-bond acceptors (Lipinski definition) is 3. The molecule has 1 aliphatic rings. The third-order valence-corrected chi connectivity index (χ3v) is 4.08. The van der Waals surface area contributed by atoms with Crippen molar-refractivity contribution in [3.05, 3.63) is 53.6 Å². The Kier molecular flexibility index (Phi) is 4.19. The van der Waals surface area contributed by atoms with Crippen LogP contribution in [0.25, 0.3) is 0 Å². The van der Waals surface area contributed by atoms with Crippen LogP contribution in [0.15, 0.2) is 36.5 Å². The van der Waals surface area contributed by atoms with Crippen molar-refractivity contribution in [3.63, 3.8) is 0 Å². The van der Waals surface area contributed by atoms with Crippen molar-refractivity contribution < 1.29 is 17.6 Å². The van der Waals surface area contributed by atoms with E-state index in [1.807, 2.05) is 0 Å². The maximum absolute atomic E-state index is 13.1. The number of aromatic nitrogens is 2. The van der Waals surface area contributed by atoms with E-state index >= 15 is 0 Å². The van der Waals surface area contributed by atoms with Crippen LogP contribution in [0.4, 0.5) is 23.5 Å². The number of halogens is 4. The highest BCUT2D eigenvalue weighted by molar-refractivity contribution is 5.34. The summed E-state index contributed by atoms with van der Waals surface area (Å²) in [6.07, 6.45) is -0.419. The fourth-order valence-corrected chi connectivity index (χ4v) is 2.64. The van der Waals surface area contributed by atoms with E-state index in [4.69, 9.17) is 0 Å². The van der Waals surface area contributed by atoms with Crippen LogP contribution >= 0.6 is 0 Å². The Morgan fingerprint density at radius 3 is 2.35 bits per heavy atom. The number of anilines is 1. The van der Waals surface area contributed by atoms with Crippen molar-refractivity contribution in [2.75, 3.05) is 5.32 Å². The van der Waals surface area contributed by atoms with Gasteiger partial charge in [-0.15, -0.1) is 0 Å². The number of nitrogens with zero attached hydrogens (tertiary/aromatic N) is 2. The smallest absolute Gasteiger partial charge is 0.347 e. The molecule has 0 radical (unpaired) electrons. The number of alkyl halides is 3. The zero-order valence-electron chi connectivity index (χ0n) is 12.1. The molecule has 1 heterocycles. The van der Waals surface area contributed by atoms with E-state index in [9.17, 15) is 17.6 Å². The third-order valence-electron chi connectivity index (χ3n) is 4.08. The Hall–Kier alpha value is -2.18. The molecule has 3 nitrogen and oxygen atoms in total. The van der Waals surface area contributed by atoms with Gasteiger partial charge in [0.25, 0.3) is 0 Å². The molecule has 1 aliphatic carbocycles. The van der Waals surface area contributed by atoms with Gasteiger partial charge in [0.2, 0.25) is 5.95 Å². The third kappa shape index (κ3) is 3.60. The van der Waals surface area contributed by atoms with Gasteiger partial charge in [0.1, 0.15) is 11.5 Å². The van der Waals surface area contributed by atoms with Gasteiger partial charge in [0.15, 0.2) is 0 Å². The van der Waals surface area contributed by atoms with E-state index in [1.165, 1.54) is 12.1 Å². The van der Waals surface area contributed by atoms with Crippen molar-refractivity contribution in [1.29, 1.82) is 0 Å². The summed E-state index contributed by atoms with van der Waals surface area (Å²) >= 11 is 0. The molecule has 2 aromatic rings. The second-order valence-electron chi connectivity index (χ2n) is 5.63. The highest BCUT2D eigenvalue weighted by atomic mass is 19.4. The van der Waals surface area contributed by atoms with Crippen molar-refractivity contribution >= 4 is 5.95 Å². The minimum absolute atomic E-state index is 0.0685. The molecule has 0 amide bonds. The first-order chi connectivity index (χ1) is 10.9. The van der Waals surface area contributed by atoms with Crippen LogP contribution in [0.3, 0.4) is 0 Å². The quantitative estimate of drug-likeness (QED) is 0.836.